The Labute approximate surface area is 127 Å². The fourth-order valence-electron chi connectivity index (χ4n) is 3.01. The van der Waals surface area contributed by atoms with Crippen LogP contribution in [-0.4, -0.2) is 29.8 Å². The maximum atomic E-state index is 12.1. The minimum Gasteiger partial charge on any atom is -0.356 e. The van der Waals surface area contributed by atoms with Crippen molar-refractivity contribution in [3.63, 3.8) is 0 Å². The van der Waals surface area contributed by atoms with Crippen molar-refractivity contribution >= 4 is 11.8 Å². The zero-order valence-electron chi connectivity index (χ0n) is 13.1. The normalized spacial score (nSPS) is 25.8. The molecule has 116 valence electrons. The van der Waals surface area contributed by atoms with E-state index >= 15 is 0 Å². The number of amides is 2. The number of rotatable bonds is 5. The van der Waals surface area contributed by atoms with E-state index in [1.54, 1.807) is 17.1 Å². The van der Waals surface area contributed by atoms with E-state index in [1.807, 2.05) is 0 Å². The first-order chi connectivity index (χ1) is 9.97. The zero-order chi connectivity index (χ0) is 15.4. The van der Waals surface area contributed by atoms with Gasteiger partial charge in [0.05, 0.1) is 0 Å². The molecule has 0 radical (unpaired) electrons. The van der Waals surface area contributed by atoms with Gasteiger partial charge in [-0.2, -0.15) is 0 Å². The van der Waals surface area contributed by atoms with E-state index in [0.29, 0.717) is 11.8 Å². The van der Waals surface area contributed by atoms with E-state index in [4.69, 9.17) is 0 Å². The Morgan fingerprint density at radius 3 is 2.52 bits per heavy atom. The molecule has 0 aromatic carbocycles. The molecule has 1 aliphatic heterocycles. The van der Waals surface area contributed by atoms with Crippen molar-refractivity contribution in [1.29, 1.82) is 0 Å². The summed E-state index contributed by atoms with van der Waals surface area (Å²) < 4.78 is 0. The Balaban J connectivity index is 1.74. The molecule has 1 fully saturated rings. The van der Waals surface area contributed by atoms with Gasteiger partial charge in [0.25, 0.3) is 5.91 Å². The molecule has 0 saturated heterocycles. The highest BCUT2D eigenvalue weighted by molar-refractivity contribution is 5.93. The Hall–Kier alpha value is -1.58. The number of hydrogen-bond donors (Lipinski definition) is 1. The van der Waals surface area contributed by atoms with Crippen LogP contribution in [0, 0.1) is 17.8 Å². The molecule has 2 amide bonds. The minimum absolute atomic E-state index is 0.0387. The summed E-state index contributed by atoms with van der Waals surface area (Å²) >= 11 is 0. The van der Waals surface area contributed by atoms with Crippen molar-refractivity contribution in [3.8, 4) is 0 Å². The molecule has 1 saturated carbocycles. The SMILES string of the molecule is C=C1C=CC(=O)N1CC1CCC(C(=O)NCC(C)C)CC1. The smallest absolute Gasteiger partial charge is 0.251 e. The van der Waals surface area contributed by atoms with Crippen LogP contribution in [0.2, 0.25) is 0 Å². The van der Waals surface area contributed by atoms with Crippen LogP contribution in [0.25, 0.3) is 0 Å². The maximum absolute atomic E-state index is 12.1. The molecule has 1 aliphatic carbocycles. The van der Waals surface area contributed by atoms with Gasteiger partial charge in [-0.15, -0.1) is 0 Å². The van der Waals surface area contributed by atoms with Gasteiger partial charge in [-0.05, 0) is 43.6 Å². The van der Waals surface area contributed by atoms with Gasteiger partial charge in [0.2, 0.25) is 5.91 Å². The Morgan fingerprint density at radius 2 is 2.00 bits per heavy atom. The molecule has 2 aliphatic rings. The summed E-state index contributed by atoms with van der Waals surface area (Å²) in [5.41, 5.74) is 0.789. The molecule has 0 bridgehead atoms. The highest BCUT2D eigenvalue weighted by atomic mass is 16.2. The highest BCUT2D eigenvalue weighted by Gasteiger charge is 2.29. The Kier molecular flexibility index (Phi) is 5.21. The summed E-state index contributed by atoms with van der Waals surface area (Å²) in [7, 11) is 0. The molecule has 1 N–H and O–H groups in total. The summed E-state index contributed by atoms with van der Waals surface area (Å²) in [5, 5.41) is 3.03. The van der Waals surface area contributed by atoms with E-state index in [9.17, 15) is 9.59 Å². The first-order valence-corrected chi connectivity index (χ1v) is 7.93. The van der Waals surface area contributed by atoms with Crippen molar-refractivity contribution in [2.24, 2.45) is 17.8 Å². The molecular formula is C17H26N2O2. The first-order valence-electron chi connectivity index (χ1n) is 7.93. The van der Waals surface area contributed by atoms with Crippen molar-refractivity contribution in [3.05, 3.63) is 24.4 Å². The summed E-state index contributed by atoms with van der Waals surface area (Å²) in [6.07, 6.45) is 7.22. The Bertz CT molecular complexity index is 428. The van der Waals surface area contributed by atoms with Gasteiger partial charge in [-0.3, -0.25) is 9.59 Å². The number of hydrogen-bond acceptors (Lipinski definition) is 2. The average molecular weight is 290 g/mol. The van der Waals surface area contributed by atoms with Crippen LogP contribution in [0.3, 0.4) is 0 Å². The first kappa shape index (κ1) is 15.8. The van der Waals surface area contributed by atoms with Gasteiger partial charge in [-0.1, -0.05) is 20.4 Å². The van der Waals surface area contributed by atoms with E-state index in [2.05, 4.69) is 25.7 Å². The number of allylic oxidation sites excluding steroid dienone is 1. The van der Waals surface area contributed by atoms with Crippen LogP contribution >= 0.6 is 0 Å². The lowest BCUT2D eigenvalue weighted by Gasteiger charge is -2.31. The third-order valence-electron chi connectivity index (χ3n) is 4.37. The van der Waals surface area contributed by atoms with Gasteiger partial charge < -0.3 is 10.2 Å². The number of nitrogens with one attached hydrogen (secondary N) is 1. The molecule has 0 unspecified atom stereocenters. The molecule has 4 heteroatoms. The zero-order valence-corrected chi connectivity index (χ0v) is 13.1. The fourth-order valence-corrected chi connectivity index (χ4v) is 3.01. The second kappa shape index (κ2) is 6.92. The molecule has 0 spiro atoms. The Morgan fingerprint density at radius 1 is 1.33 bits per heavy atom. The van der Waals surface area contributed by atoms with Gasteiger partial charge >= 0.3 is 0 Å². The van der Waals surface area contributed by atoms with Gasteiger partial charge in [-0.25, -0.2) is 0 Å². The van der Waals surface area contributed by atoms with E-state index in [1.165, 1.54) is 0 Å². The quantitative estimate of drug-likeness (QED) is 0.845. The van der Waals surface area contributed by atoms with Gasteiger partial charge in [0.1, 0.15) is 0 Å². The van der Waals surface area contributed by atoms with Crippen LogP contribution in [-0.2, 0) is 9.59 Å². The second-order valence-corrected chi connectivity index (χ2v) is 6.63. The molecule has 21 heavy (non-hydrogen) atoms. The molecule has 2 rings (SSSR count). The molecule has 0 aromatic heterocycles. The average Bonchev–Trinajstić information content (AvgIpc) is 2.77. The van der Waals surface area contributed by atoms with Crippen LogP contribution < -0.4 is 5.32 Å². The minimum atomic E-state index is 0.0387. The van der Waals surface area contributed by atoms with Gasteiger partial charge in [0.15, 0.2) is 0 Å². The lowest BCUT2D eigenvalue weighted by Crippen LogP contribution is -2.37. The van der Waals surface area contributed by atoms with Crippen LogP contribution in [0.1, 0.15) is 39.5 Å². The van der Waals surface area contributed by atoms with Crippen LogP contribution in [0.4, 0.5) is 0 Å². The summed E-state index contributed by atoms with van der Waals surface area (Å²) in [4.78, 5) is 25.5. The fraction of sp³-hybridized carbons (Fsp3) is 0.647. The van der Waals surface area contributed by atoms with Crippen LogP contribution in [0.15, 0.2) is 24.4 Å². The number of carbonyl (C=O) groups is 2. The summed E-state index contributed by atoms with van der Waals surface area (Å²) in [6.45, 7) is 9.59. The molecule has 0 atom stereocenters. The lowest BCUT2D eigenvalue weighted by atomic mass is 9.81. The van der Waals surface area contributed by atoms with Crippen molar-refractivity contribution < 1.29 is 9.59 Å². The third-order valence-corrected chi connectivity index (χ3v) is 4.37. The van der Waals surface area contributed by atoms with Crippen molar-refractivity contribution in [2.45, 2.75) is 39.5 Å². The van der Waals surface area contributed by atoms with Crippen molar-refractivity contribution in [2.75, 3.05) is 13.1 Å². The second-order valence-electron chi connectivity index (χ2n) is 6.63. The molecule has 1 heterocycles. The van der Waals surface area contributed by atoms with E-state index in [0.717, 1.165) is 44.5 Å². The molecule has 4 nitrogen and oxygen atoms in total. The van der Waals surface area contributed by atoms with E-state index < -0.39 is 0 Å². The highest BCUT2D eigenvalue weighted by Crippen LogP contribution is 2.31. The summed E-state index contributed by atoms with van der Waals surface area (Å²) in [6, 6.07) is 0. The molecular weight excluding hydrogens is 264 g/mol. The van der Waals surface area contributed by atoms with Crippen LogP contribution in [0.5, 0.6) is 0 Å². The van der Waals surface area contributed by atoms with Gasteiger partial charge in [0, 0.05) is 30.8 Å². The summed E-state index contributed by atoms with van der Waals surface area (Å²) in [5.74, 6) is 1.36. The molecule has 0 aromatic rings. The number of carbonyl (C=O) groups excluding carboxylic acids is 2. The number of nitrogens with zero attached hydrogens (tertiary/aromatic N) is 1. The predicted octanol–water partition coefficient (Wildman–Crippen LogP) is 2.48. The standard InChI is InChI=1S/C17H26N2O2/c1-12(2)10-18-17(21)15-7-5-14(6-8-15)11-19-13(3)4-9-16(19)20/h4,9,12,14-15H,3,5-8,10-11H2,1-2H3,(H,18,21). The lowest BCUT2D eigenvalue weighted by molar-refractivity contribution is -0.127. The van der Waals surface area contributed by atoms with Crippen molar-refractivity contribution in [1.82, 2.24) is 10.2 Å². The third kappa shape index (κ3) is 4.19. The maximum Gasteiger partial charge on any atom is 0.251 e. The topological polar surface area (TPSA) is 49.4 Å². The monoisotopic (exact) mass is 290 g/mol. The predicted molar refractivity (Wildman–Crippen MR) is 83.3 cm³/mol. The largest absolute Gasteiger partial charge is 0.356 e. The van der Waals surface area contributed by atoms with E-state index in [-0.39, 0.29) is 17.7 Å².